The fourth-order valence-electron chi connectivity index (χ4n) is 5.50. The molecule has 0 spiro atoms. The Morgan fingerprint density at radius 2 is 1.51 bits per heavy atom. The highest BCUT2D eigenvalue weighted by Crippen LogP contribution is 2.35. The zero-order valence-corrected chi connectivity index (χ0v) is 24.2. The minimum absolute atomic E-state index is 0.224. The Balaban J connectivity index is 1.31. The van der Waals surface area contributed by atoms with Gasteiger partial charge in [-0.05, 0) is 75.1 Å². The molecule has 0 bridgehead atoms. The van der Waals surface area contributed by atoms with Crippen molar-refractivity contribution in [2.24, 2.45) is 5.92 Å². The number of benzene rings is 3. The summed E-state index contributed by atoms with van der Waals surface area (Å²) >= 11 is 3.34. The minimum Gasteiger partial charge on any atom is -0.324 e. The molecular formula is C29H28BrN3O5S. The number of aryl methyl sites for hydroxylation is 3. The number of rotatable bonds is 5. The SMILES string of the molecule is Cc1cc(C)c(S(=O)(=O)N2CCC(C(=O)Nc3ccccc3N3C(=O)c4ccc(Br)cc4C3=O)CC2)c(C)c1. The zero-order chi connectivity index (χ0) is 28.1. The lowest BCUT2D eigenvalue weighted by atomic mass is 9.97. The van der Waals surface area contributed by atoms with Crippen LogP contribution in [0.5, 0.6) is 0 Å². The van der Waals surface area contributed by atoms with Crippen LogP contribution in [0.1, 0.15) is 50.2 Å². The standard InChI is InChI=1S/C29H28BrN3O5S/c1-17-14-18(2)26(19(3)15-17)39(37,38)32-12-10-20(11-13-32)27(34)31-24-6-4-5-7-25(24)33-28(35)22-9-8-21(30)16-23(22)29(33)36/h4-9,14-16,20H,10-13H2,1-3H3,(H,31,34). The fraction of sp³-hybridized carbons (Fsp3) is 0.276. The average molecular weight is 611 g/mol. The molecule has 2 aliphatic rings. The molecule has 2 heterocycles. The Labute approximate surface area is 236 Å². The predicted octanol–water partition coefficient (Wildman–Crippen LogP) is 5.21. The number of amides is 3. The van der Waals surface area contributed by atoms with Crippen LogP contribution < -0.4 is 10.2 Å². The van der Waals surface area contributed by atoms with E-state index in [-0.39, 0.29) is 19.0 Å². The van der Waals surface area contributed by atoms with Crippen LogP contribution in [-0.4, -0.2) is 43.5 Å². The number of sulfonamides is 1. The van der Waals surface area contributed by atoms with Crippen molar-refractivity contribution < 1.29 is 22.8 Å². The van der Waals surface area contributed by atoms with E-state index in [0.717, 1.165) is 10.5 Å². The van der Waals surface area contributed by atoms with E-state index < -0.39 is 27.8 Å². The largest absolute Gasteiger partial charge is 0.324 e. The second kappa shape index (κ2) is 10.3. The molecule has 39 heavy (non-hydrogen) atoms. The first-order valence-corrected chi connectivity index (χ1v) is 14.9. The summed E-state index contributed by atoms with van der Waals surface area (Å²) in [5.74, 6) is -1.60. The molecule has 1 fully saturated rings. The van der Waals surface area contributed by atoms with Gasteiger partial charge in [-0.1, -0.05) is 45.8 Å². The minimum atomic E-state index is -3.69. The van der Waals surface area contributed by atoms with E-state index in [9.17, 15) is 22.8 Å². The lowest BCUT2D eigenvalue weighted by molar-refractivity contribution is -0.120. The van der Waals surface area contributed by atoms with Crippen molar-refractivity contribution >= 4 is 55.0 Å². The van der Waals surface area contributed by atoms with Gasteiger partial charge in [0.2, 0.25) is 15.9 Å². The van der Waals surface area contributed by atoms with Gasteiger partial charge >= 0.3 is 0 Å². The number of anilines is 2. The molecule has 8 nitrogen and oxygen atoms in total. The number of fused-ring (bicyclic) bond motifs is 1. The third-order valence-corrected chi connectivity index (χ3v) is 9.98. The van der Waals surface area contributed by atoms with Crippen molar-refractivity contribution in [3.05, 3.63) is 86.9 Å². The van der Waals surface area contributed by atoms with Crippen molar-refractivity contribution in [2.75, 3.05) is 23.3 Å². The fourth-order valence-corrected chi connectivity index (χ4v) is 7.74. The summed E-state index contributed by atoms with van der Waals surface area (Å²) in [7, 11) is -3.69. The number of nitrogens with zero attached hydrogens (tertiary/aromatic N) is 2. The van der Waals surface area contributed by atoms with Crippen LogP contribution in [0.4, 0.5) is 11.4 Å². The van der Waals surface area contributed by atoms with Crippen molar-refractivity contribution in [1.29, 1.82) is 0 Å². The number of para-hydroxylation sites is 2. The van der Waals surface area contributed by atoms with Crippen LogP contribution in [-0.2, 0) is 14.8 Å². The van der Waals surface area contributed by atoms with Crippen LogP contribution in [0.3, 0.4) is 0 Å². The highest BCUT2D eigenvalue weighted by Gasteiger charge is 2.39. The third-order valence-electron chi connectivity index (χ3n) is 7.28. The van der Waals surface area contributed by atoms with Crippen LogP contribution in [0, 0.1) is 26.7 Å². The Kier molecular flexibility index (Phi) is 7.21. The van der Waals surface area contributed by atoms with Crippen LogP contribution in [0.15, 0.2) is 64.0 Å². The summed E-state index contributed by atoms with van der Waals surface area (Å²) in [5.41, 5.74) is 3.67. The molecule has 0 saturated carbocycles. The van der Waals surface area contributed by atoms with E-state index in [2.05, 4.69) is 21.2 Å². The zero-order valence-electron chi connectivity index (χ0n) is 21.8. The highest BCUT2D eigenvalue weighted by molar-refractivity contribution is 9.10. The Bertz CT molecular complexity index is 1600. The monoisotopic (exact) mass is 609 g/mol. The summed E-state index contributed by atoms with van der Waals surface area (Å²) in [6.45, 7) is 5.99. The normalized spacial score (nSPS) is 16.5. The number of halogens is 1. The van der Waals surface area contributed by atoms with Crippen molar-refractivity contribution in [1.82, 2.24) is 4.31 Å². The summed E-state index contributed by atoms with van der Waals surface area (Å²) in [5, 5.41) is 2.88. The van der Waals surface area contributed by atoms with Gasteiger partial charge in [0.05, 0.1) is 27.4 Å². The van der Waals surface area contributed by atoms with E-state index in [1.54, 1.807) is 56.3 Å². The van der Waals surface area contributed by atoms with Crippen molar-refractivity contribution in [2.45, 2.75) is 38.5 Å². The Morgan fingerprint density at radius 3 is 2.18 bits per heavy atom. The summed E-state index contributed by atoms with van der Waals surface area (Å²) in [6, 6.07) is 15.3. The van der Waals surface area contributed by atoms with E-state index in [0.29, 0.717) is 55.8 Å². The maximum Gasteiger partial charge on any atom is 0.266 e. The molecule has 202 valence electrons. The number of carbonyl (C=O) groups excluding carboxylic acids is 3. The van der Waals surface area contributed by atoms with Gasteiger partial charge in [0, 0.05) is 23.5 Å². The number of imide groups is 1. The summed E-state index contributed by atoms with van der Waals surface area (Å²) in [4.78, 5) is 40.9. The van der Waals surface area contributed by atoms with Crippen LogP contribution in [0.25, 0.3) is 0 Å². The maximum absolute atomic E-state index is 13.4. The number of carbonyl (C=O) groups is 3. The van der Waals surface area contributed by atoms with Crippen molar-refractivity contribution in [3.63, 3.8) is 0 Å². The first-order chi connectivity index (χ1) is 18.5. The molecule has 5 rings (SSSR count). The lowest BCUT2D eigenvalue weighted by Crippen LogP contribution is -2.42. The maximum atomic E-state index is 13.4. The van der Waals surface area contributed by atoms with Gasteiger partial charge in [0.25, 0.3) is 11.8 Å². The van der Waals surface area contributed by atoms with Gasteiger partial charge < -0.3 is 5.32 Å². The quantitative estimate of drug-likeness (QED) is 0.400. The van der Waals surface area contributed by atoms with Gasteiger partial charge in [-0.25, -0.2) is 13.3 Å². The average Bonchev–Trinajstić information content (AvgIpc) is 3.12. The third kappa shape index (κ3) is 4.92. The molecule has 3 amide bonds. The lowest BCUT2D eigenvalue weighted by Gasteiger charge is -2.31. The van der Waals surface area contributed by atoms with Gasteiger partial charge in [-0.2, -0.15) is 4.31 Å². The molecule has 1 saturated heterocycles. The van der Waals surface area contributed by atoms with Gasteiger partial charge in [-0.3, -0.25) is 14.4 Å². The first kappa shape index (κ1) is 27.2. The molecule has 10 heteroatoms. The highest BCUT2D eigenvalue weighted by atomic mass is 79.9. The molecule has 0 aliphatic carbocycles. The smallest absolute Gasteiger partial charge is 0.266 e. The molecule has 3 aromatic rings. The molecule has 3 aromatic carbocycles. The molecule has 1 N–H and O–H groups in total. The number of hydrogen-bond acceptors (Lipinski definition) is 5. The first-order valence-electron chi connectivity index (χ1n) is 12.6. The van der Waals surface area contributed by atoms with Crippen LogP contribution in [0.2, 0.25) is 0 Å². The van der Waals surface area contributed by atoms with Gasteiger partial charge in [0.1, 0.15) is 0 Å². The van der Waals surface area contributed by atoms with Crippen molar-refractivity contribution in [3.8, 4) is 0 Å². The Morgan fingerprint density at radius 1 is 0.897 bits per heavy atom. The topological polar surface area (TPSA) is 104 Å². The van der Waals surface area contributed by atoms with E-state index in [1.165, 1.54) is 4.31 Å². The Hall–Kier alpha value is -3.34. The van der Waals surface area contributed by atoms with E-state index in [4.69, 9.17) is 0 Å². The molecule has 0 radical (unpaired) electrons. The predicted molar refractivity (Wildman–Crippen MR) is 152 cm³/mol. The van der Waals surface area contributed by atoms with E-state index >= 15 is 0 Å². The van der Waals surface area contributed by atoms with Gasteiger partial charge in [-0.15, -0.1) is 0 Å². The number of hydrogen-bond donors (Lipinski definition) is 1. The summed E-state index contributed by atoms with van der Waals surface area (Å²) < 4.78 is 29.0. The molecule has 0 unspecified atom stereocenters. The second-order valence-electron chi connectivity index (χ2n) is 10.0. The molecule has 2 aliphatic heterocycles. The number of piperidine rings is 1. The summed E-state index contributed by atoms with van der Waals surface area (Å²) in [6.07, 6.45) is 0.719. The molecule has 0 aromatic heterocycles. The van der Waals surface area contributed by atoms with Gasteiger partial charge in [0.15, 0.2) is 0 Å². The number of nitrogens with one attached hydrogen (secondary N) is 1. The van der Waals surface area contributed by atoms with Crippen LogP contribution >= 0.6 is 15.9 Å². The second-order valence-corrected chi connectivity index (χ2v) is 12.8. The van der Waals surface area contributed by atoms with E-state index in [1.807, 2.05) is 19.1 Å². The molecule has 0 atom stereocenters. The molecular weight excluding hydrogens is 582 g/mol.